The molecule has 1 aromatic heterocycles. The Balaban J connectivity index is 1.53. The molecule has 1 aliphatic rings. The molecular formula is C28H35FN6O3. The molecule has 0 unspecified atom stereocenters. The van der Waals surface area contributed by atoms with Gasteiger partial charge in [-0.3, -0.25) is 14.6 Å². The second-order valence-corrected chi connectivity index (χ2v) is 9.55. The van der Waals surface area contributed by atoms with Crippen molar-refractivity contribution in [2.45, 2.75) is 33.9 Å². The summed E-state index contributed by atoms with van der Waals surface area (Å²) in [6, 6.07) is 12.3. The van der Waals surface area contributed by atoms with Crippen LogP contribution in [0, 0.1) is 19.7 Å². The number of nitrogens with zero attached hydrogens (tertiary/aromatic N) is 4. The van der Waals surface area contributed by atoms with Crippen molar-refractivity contribution in [2.24, 2.45) is 0 Å². The van der Waals surface area contributed by atoms with Crippen LogP contribution in [-0.4, -0.2) is 66.8 Å². The van der Waals surface area contributed by atoms with E-state index in [0.29, 0.717) is 31.9 Å². The first-order valence-electron chi connectivity index (χ1n) is 12.8. The number of hydrogen-bond acceptors (Lipinski definition) is 7. The fraction of sp³-hybridized carbons (Fsp3) is 0.393. The average molecular weight is 523 g/mol. The summed E-state index contributed by atoms with van der Waals surface area (Å²) in [5.41, 5.74) is 5.11. The van der Waals surface area contributed by atoms with Crippen LogP contribution in [0.1, 0.15) is 29.3 Å². The van der Waals surface area contributed by atoms with Gasteiger partial charge in [0, 0.05) is 50.5 Å². The summed E-state index contributed by atoms with van der Waals surface area (Å²) in [7, 11) is 1.71. The number of nitrogens with one attached hydrogen (secondary N) is 2. The van der Waals surface area contributed by atoms with E-state index in [-0.39, 0.29) is 30.7 Å². The van der Waals surface area contributed by atoms with E-state index in [0.717, 1.165) is 40.2 Å². The Morgan fingerprint density at radius 2 is 1.84 bits per heavy atom. The number of carbonyl (C=O) groups is 2. The molecule has 3 aromatic rings. The first-order valence-corrected chi connectivity index (χ1v) is 12.8. The number of halogens is 1. The standard InChI is InChI=1S/C28H35FN6O3/c1-5-30-10-11-31-27(36)17-34(25-14-21(7-6-19(25)2)26-12-20(3)32-38-26)18-28(37)33(4)35-15-22-8-9-24(29)13-23(22)16-35/h6-9,12-14,30H,5,10-11,15-18H2,1-4H3,(H,31,36). The van der Waals surface area contributed by atoms with Gasteiger partial charge in [-0.05, 0) is 55.3 Å². The van der Waals surface area contributed by atoms with Gasteiger partial charge in [0.05, 0.1) is 18.8 Å². The van der Waals surface area contributed by atoms with Crippen LogP contribution in [-0.2, 0) is 22.7 Å². The van der Waals surface area contributed by atoms with E-state index in [1.54, 1.807) is 23.0 Å². The summed E-state index contributed by atoms with van der Waals surface area (Å²) in [6.07, 6.45) is 0. The molecular weight excluding hydrogens is 487 g/mol. The molecule has 2 amide bonds. The first-order chi connectivity index (χ1) is 18.2. The van der Waals surface area contributed by atoms with Gasteiger partial charge >= 0.3 is 0 Å². The highest BCUT2D eigenvalue weighted by Gasteiger charge is 2.27. The molecule has 10 heteroatoms. The summed E-state index contributed by atoms with van der Waals surface area (Å²) < 4.78 is 19.1. The third kappa shape index (κ3) is 6.56. The van der Waals surface area contributed by atoms with E-state index >= 15 is 0 Å². The number of amides is 2. The van der Waals surface area contributed by atoms with Gasteiger partial charge in [-0.15, -0.1) is 0 Å². The Labute approximate surface area is 222 Å². The number of aryl methyl sites for hydroxylation is 2. The van der Waals surface area contributed by atoms with Crippen LogP contribution in [0.4, 0.5) is 10.1 Å². The highest BCUT2D eigenvalue weighted by atomic mass is 19.1. The second-order valence-electron chi connectivity index (χ2n) is 9.55. The van der Waals surface area contributed by atoms with Crippen molar-refractivity contribution < 1.29 is 18.5 Å². The normalized spacial score (nSPS) is 12.9. The zero-order valence-corrected chi connectivity index (χ0v) is 22.4. The van der Waals surface area contributed by atoms with Gasteiger partial charge in [0.15, 0.2) is 5.76 Å². The minimum atomic E-state index is -0.289. The van der Waals surface area contributed by atoms with Crippen molar-refractivity contribution in [3.05, 3.63) is 70.7 Å². The predicted molar refractivity (Wildman–Crippen MR) is 144 cm³/mol. The van der Waals surface area contributed by atoms with Crippen LogP contribution in [0.5, 0.6) is 0 Å². The topological polar surface area (TPSA) is 93.9 Å². The maximum absolute atomic E-state index is 13.7. The fourth-order valence-corrected chi connectivity index (χ4v) is 4.51. The second kappa shape index (κ2) is 12.2. The number of hydrazine groups is 1. The molecule has 0 saturated heterocycles. The van der Waals surface area contributed by atoms with Crippen molar-refractivity contribution in [1.82, 2.24) is 25.8 Å². The van der Waals surface area contributed by atoms with E-state index in [9.17, 15) is 14.0 Å². The summed E-state index contributed by atoms with van der Waals surface area (Å²) in [5.74, 6) is -0.0331. The molecule has 1 aliphatic heterocycles. The summed E-state index contributed by atoms with van der Waals surface area (Å²) in [6.45, 7) is 8.74. The molecule has 0 saturated carbocycles. The molecule has 0 fully saturated rings. The quantitative estimate of drug-likeness (QED) is 0.374. The van der Waals surface area contributed by atoms with Gasteiger partial charge in [-0.25, -0.2) is 9.40 Å². The minimum absolute atomic E-state index is 0.0108. The Morgan fingerprint density at radius 1 is 1.05 bits per heavy atom. The van der Waals surface area contributed by atoms with E-state index < -0.39 is 0 Å². The molecule has 0 bridgehead atoms. The number of fused-ring (bicyclic) bond motifs is 1. The maximum atomic E-state index is 13.7. The molecule has 4 rings (SSSR count). The number of hydrogen-bond donors (Lipinski definition) is 2. The first kappa shape index (κ1) is 27.3. The lowest BCUT2D eigenvalue weighted by Crippen LogP contribution is -2.48. The highest BCUT2D eigenvalue weighted by molar-refractivity contribution is 5.87. The van der Waals surface area contributed by atoms with E-state index in [4.69, 9.17) is 4.52 Å². The van der Waals surface area contributed by atoms with Crippen LogP contribution in [0.15, 0.2) is 47.0 Å². The van der Waals surface area contributed by atoms with Crippen molar-refractivity contribution in [3.63, 3.8) is 0 Å². The van der Waals surface area contributed by atoms with Crippen LogP contribution >= 0.6 is 0 Å². The lowest BCUT2D eigenvalue weighted by Gasteiger charge is -2.32. The molecule has 0 atom stereocenters. The highest BCUT2D eigenvalue weighted by Crippen LogP contribution is 2.29. The summed E-state index contributed by atoms with van der Waals surface area (Å²) in [4.78, 5) is 28.1. The van der Waals surface area contributed by atoms with E-state index in [1.165, 1.54) is 12.1 Å². The minimum Gasteiger partial charge on any atom is -0.356 e. The average Bonchev–Trinajstić information content (AvgIpc) is 3.52. The van der Waals surface area contributed by atoms with Crippen molar-refractivity contribution >= 4 is 17.5 Å². The monoisotopic (exact) mass is 522 g/mol. The van der Waals surface area contributed by atoms with E-state index in [1.807, 2.05) is 50.0 Å². The molecule has 2 N–H and O–H groups in total. The molecule has 202 valence electrons. The smallest absolute Gasteiger partial charge is 0.256 e. The van der Waals surface area contributed by atoms with Gasteiger partial charge in [-0.1, -0.05) is 30.3 Å². The van der Waals surface area contributed by atoms with Crippen LogP contribution < -0.4 is 15.5 Å². The number of anilines is 1. The molecule has 2 aromatic carbocycles. The van der Waals surface area contributed by atoms with Crippen molar-refractivity contribution in [2.75, 3.05) is 44.7 Å². The lowest BCUT2D eigenvalue weighted by atomic mass is 10.1. The predicted octanol–water partition coefficient (Wildman–Crippen LogP) is 3.02. The maximum Gasteiger partial charge on any atom is 0.256 e. The van der Waals surface area contributed by atoms with Crippen LogP contribution in [0.25, 0.3) is 11.3 Å². The zero-order chi connectivity index (χ0) is 27.2. The van der Waals surface area contributed by atoms with Crippen LogP contribution in [0.2, 0.25) is 0 Å². The van der Waals surface area contributed by atoms with Gasteiger partial charge < -0.3 is 20.1 Å². The Hall–Kier alpha value is -3.76. The zero-order valence-electron chi connectivity index (χ0n) is 22.4. The number of aromatic nitrogens is 1. The summed E-state index contributed by atoms with van der Waals surface area (Å²) in [5, 5.41) is 13.5. The van der Waals surface area contributed by atoms with Gasteiger partial charge in [0.25, 0.3) is 5.91 Å². The summed E-state index contributed by atoms with van der Waals surface area (Å²) >= 11 is 0. The van der Waals surface area contributed by atoms with Crippen molar-refractivity contribution in [3.8, 4) is 11.3 Å². The number of benzene rings is 2. The lowest BCUT2D eigenvalue weighted by molar-refractivity contribution is -0.145. The number of rotatable bonds is 11. The SMILES string of the molecule is CCNCCNC(=O)CN(CC(=O)N(C)N1Cc2ccc(F)cc2C1)c1cc(-c2cc(C)no2)ccc1C. The van der Waals surface area contributed by atoms with Gasteiger partial charge in [0.1, 0.15) is 5.82 Å². The Morgan fingerprint density at radius 3 is 2.58 bits per heavy atom. The molecule has 0 aliphatic carbocycles. The van der Waals surface area contributed by atoms with Crippen LogP contribution in [0.3, 0.4) is 0 Å². The number of carbonyl (C=O) groups excluding carboxylic acids is 2. The fourth-order valence-electron chi connectivity index (χ4n) is 4.51. The molecule has 9 nitrogen and oxygen atoms in total. The third-order valence-corrected chi connectivity index (χ3v) is 6.66. The Kier molecular flexibility index (Phi) is 8.75. The largest absolute Gasteiger partial charge is 0.356 e. The Bertz CT molecular complexity index is 1290. The molecule has 0 spiro atoms. The van der Waals surface area contributed by atoms with E-state index in [2.05, 4.69) is 15.8 Å². The van der Waals surface area contributed by atoms with Gasteiger partial charge in [-0.2, -0.15) is 0 Å². The molecule has 0 radical (unpaired) electrons. The molecule has 2 heterocycles. The number of likely N-dealkylation sites (N-methyl/N-ethyl adjacent to an activating group) is 2. The van der Waals surface area contributed by atoms with Gasteiger partial charge in [0.2, 0.25) is 5.91 Å². The van der Waals surface area contributed by atoms with Crippen molar-refractivity contribution in [1.29, 1.82) is 0 Å². The molecule has 38 heavy (non-hydrogen) atoms. The third-order valence-electron chi connectivity index (χ3n) is 6.66.